The van der Waals surface area contributed by atoms with E-state index in [4.69, 9.17) is 9.84 Å². The van der Waals surface area contributed by atoms with E-state index in [0.717, 1.165) is 42.4 Å². The minimum absolute atomic E-state index is 0.0370. The number of rotatable bonds is 11. The molecule has 3 N–H and O–H groups in total. The molecule has 2 unspecified atom stereocenters. The maximum Gasteiger partial charge on any atom is 0.303 e. The van der Waals surface area contributed by atoms with Crippen molar-refractivity contribution in [3.63, 3.8) is 0 Å². The highest BCUT2D eigenvalue weighted by molar-refractivity contribution is 5.66. The van der Waals surface area contributed by atoms with Crippen molar-refractivity contribution in [2.75, 3.05) is 6.61 Å². The molecule has 36 heavy (non-hydrogen) atoms. The predicted molar refractivity (Wildman–Crippen MR) is 142 cm³/mol. The molecule has 5 heteroatoms. The van der Waals surface area contributed by atoms with E-state index < -0.39 is 18.2 Å². The normalized spacial score (nSPS) is 16.0. The second-order valence-electron chi connectivity index (χ2n) is 10.5. The van der Waals surface area contributed by atoms with Gasteiger partial charge in [0.2, 0.25) is 0 Å². The molecule has 0 amide bonds. The van der Waals surface area contributed by atoms with Crippen molar-refractivity contribution in [1.82, 2.24) is 0 Å². The number of carboxylic acids is 1. The molecule has 0 aliphatic heterocycles. The van der Waals surface area contributed by atoms with Crippen molar-refractivity contribution in [2.45, 2.75) is 90.8 Å². The van der Waals surface area contributed by atoms with Crippen LogP contribution in [0, 0.1) is 31.1 Å². The zero-order valence-corrected chi connectivity index (χ0v) is 22.2. The Labute approximate surface area is 215 Å². The minimum Gasteiger partial charge on any atom is -0.491 e. The number of hydrogen-bond acceptors (Lipinski definition) is 4. The lowest BCUT2D eigenvalue weighted by Gasteiger charge is -2.34. The summed E-state index contributed by atoms with van der Waals surface area (Å²) < 4.78 is 5.80. The Kier molecular flexibility index (Phi) is 8.87. The van der Waals surface area contributed by atoms with E-state index in [1.54, 1.807) is 0 Å². The van der Waals surface area contributed by atoms with Crippen LogP contribution in [0.1, 0.15) is 87.1 Å². The Morgan fingerprint density at radius 1 is 1.06 bits per heavy atom. The van der Waals surface area contributed by atoms with Gasteiger partial charge in [0.15, 0.2) is 0 Å². The number of ether oxygens (including phenoxy) is 1. The summed E-state index contributed by atoms with van der Waals surface area (Å²) in [4.78, 5) is 10.7. The quantitative estimate of drug-likeness (QED) is 0.359. The standard InChI is InChI=1S/C31H40O5/c1-6-31(7-2,24-10-8-23(21(3)18-24)9-14-28(33)30(5)16-17-30)25-11-13-27(22(4)19-25)36-20-26(32)12-15-29(34)35/h8,10-11,13,18-19,26,28,32-33H,6-7,12,15-17,20H2,1-5H3,(H,34,35). The Morgan fingerprint density at radius 3 is 2.19 bits per heavy atom. The molecule has 1 fully saturated rings. The van der Waals surface area contributed by atoms with Gasteiger partial charge in [0.05, 0.1) is 6.10 Å². The molecule has 5 nitrogen and oxygen atoms in total. The molecule has 0 radical (unpaired) electrons. The first kappa shape index (κ1) is 27.8. The maximum absolute atomic E-state index is 10.7. The van der Waals surface area contributed by atoms with Crippen LogP contribution in [0.4, 0.5) is 0 Å². The van der Waals surface area contributed by atoms with Gasteiger partial charge in [-0.05, 0) is 80.3 Å². The molecule has 1 aliphatic rings. The van der Waals surface area contributed by atoms with Gasteiger partial charge in [-0.25, -0.2) is 0 Å². The van der Waals surface area contributed by atoms with Crippen molar-refractivity contribution in [3.05, 3.63) is 64.2 Å². The molecule has 0 heterocycles. The van der Waals surface area contributed by atoms with Gasteiger partial charge < -0.3 is 20.1 Å². The highest BCUT2D eigenvalue weighted by Crippen LogP contribution is 2.48. The first-order valence-corrected chi connectivity index (χ1v) is 13.0. The topological polar surface area (TPSA) is 87.0 Å². The summed E-state index contributed by atoms with van der Waals surface area (Å²) in [5, 5.41) is 29.1. The van der Waals surface area contributed by atoms with Crippen LogP contribution < -0.4 is 4.74 Å². The minimum atomic E-state index is -0.925. The van der Waals surface area contributed by atoms with E-state index in [2.05, 4.69) is 69.9 Å². The van der Waals surface area contributed by atoms with Crippen LogP contribution in [0.3, 0.4) is 0 Å². The molecule has 2 atom stereocenters. The lowest BCUT2D eigenvalue weighted by atomic mass is 9.70. The molecule has 194 valence electrons. The number of aliphatic hydroxyl groups is 2. The van der Waals surface area contributed by atoms with Gasteiger partial charge in [-0.3, -0.25) is 4.79 Å². The highest BCUT2D eigenvalue weighted by Gasteiger charge is 2.43. The monoisotopic (exact) mass is 492 g/mol. The third-order valence-electron chi connectivity index (χ3n) is 7.88. The molecule has 0 bridgehead atoms. The Bertz CT molecular complexity index is 1130. The van der Waals surface area contributed by atoms with Crippen molar-refractivity contribution in [3.8, 4) is 17.6 Å². The zero-order valence-electron chi connectivity index (χ0n) is 22.2. The number of aliphatic carboxylic acids is 1. The van der Waals surface area contributed by atoms with Crippen molar-refractivity contribution in [2.24, 2.45) is 5.41 Å². The molecule has 1 aliphatic carbocycles. The Morgan fingerprint density at radius 2 is 1.67 bits per heavy atom. The summed E-state index contributed by atoms with van der Waals surface area (Å²) in [6.45, 7) is 10.6. The smallest absolute Gasteiger partial charge is 0.303 e. The second kappa shape index (κ2) is 11.5. The highest BCUT2D eigenvalue weighted by atomic mass is 16.5. The van der Waals surface area contributed by atoms with Gasteiger partial charge in [0.1, 0.15) is 18.5 Å². The Balaban J connectivity index is 1.81. The molecule has 1 saturated carbocycles. The Hall–Kier alpha value is -2.81. The lowest BCUT2D eigenvalue weighted by Crippen LogP contribution is -2.26. The first-order chi connectivity index (χ1) is 17.0. The van der Waals surface area contributed by atoms with Gasteiger partial charge >= 0.3 is 5.97 Å². The van der Waals surface area contributed by atoms with Crippen molar-refractivity contribution in [1.29, 1.82) is 0 Å². The van der Waals surface area contributed by atoms with Gasteiger partial charge in [-0.1, -0.05) is 56.9 Å². The van der Waals surface area contributed by atoms with E-state index in [0.29, 0.717) is 5.75 Å². The van der Waals surface area contributed by atoms with E-state index in [-0.39, 0.29) is 30.3 Å². The van der Waals surface area contributed by atoms with E-state index in [9.17, 15) is 15.0 Å². The second-order valence-corrected chi connectivity index (χ2v) is 10.5. The molecule has 0 aromatic heterocycles. The number of benzene rings is 2. The first-order valence-electron chi connectivity index (χ1n) is 13.0. The van der Waals surface area contributed by atoms with Gasteiger partial charge in [0, 0.05) is 22.8 Å². The largest absolute Gasteiger partial charge is 0.491 e. The zero-order chi connectivity index (χ0) is 26.5. The predicted octanol–water partition coefficient (Wildman–Crippen LogP) is 5.53. The third kappa shape index (κ3) is 6.30. The summed E-state index contributed by atoms with van der Waals surface area (Å²) in [5.74, 6) is 6.02. The van der Waals surface area contributed by atoms with Crippen LogP contribution in [0.15, 0.2) is 36.4 Å². The fourth-order valence-electron chi connectivity index (χ4n) is 4.79. The average Bonchev–Trinajstić information content (AvgIpc) is 3.61. The van der Waals surface area contributed by atoms with Crippen LogP contribution in [0.2, 0.25) is 0 Å². The van der Waals surface area contributed by atoms with Crippen LogP contribution in [-0.4, -0.2) is 40.1 Å². The molecule has 0 saturated heterocycles. The van der Waals surface area contributed by atoms with E-state index in [1.807, 2.05) is 13.0 Å². The summed E-state index contributed by atoms with van der Waals surface area (Å²) >= 11 is 0. The fourth-order valence-corrected chi connectivity index (χ4v) is 4.79. The van der Waals surface area contributed by atoms with Crippen LogP contribution in [0.5, 0.6) is 5.75 Å². The van der Waals surface area contributed by atoms with E-state index in [1.165, 1.54) is 11.1 Å². The summed E-state index contributed by atoms with van der Waals surface area (Å²) in [6, 6.07) is 12.6. The van der Waals surface area contributed by atoms with Gasteiger partial charge in [-0.15, -0.1) is 0 Å². The van der Waals surface area contributed by atoms with E-state index >= 15 is 0 Å². The molecule has 2 aromatic rings. The number of carboxylic acid groups (broad SMARTS) is 1. The fraction of sp³-hybridized carbons (Fsp3) is 0.516. The van der Waals surface area contributed by atoms with Crippen LogP contribution in [0.25, 0.3) is 0 Å². The maximum atomic E-state index is 10.7. The van der Waals surface area contributed by atoms with Crippen LogP contribution in [-0.2, 0) is 10.2 Å². The van der Waals surface area contributed by atoms with Gasteiger partial charge in [0.25, 0.3) is 0 Å². The van der Waals surface area contributed by atoms with Crippen molar-refractivity contribution >= 4 is 5.97 Å². The molecule has 0 spiro atoms. The average molecular weight is 493 g/mol. The third-order valence-corrected chi connectivity index (χ3v) is 7.88. The lowest BCUT2D eigenvalue weighted by molar-refractivity contribution is -0.137. The van der Waals surface area contributed by atoms with Gasteiger partial charge in [-0.2, -0.15) is 0 Å². The summed E-state index contributed by atoms with van der Waals surface area (Å²) in [7, 11) is 0. The molecule has 3 rings (SSSR count). The van der Waals surface area contributed by atoms with Crippen LogP contribution >= 0.6 is 0 Å². The molecular formula is C31H40O5. The summed E-state index contributed by atoms with van der Waals surface area (Å²) in [6.07, 6.45) is 2.61. The number of aryl methyl sites for hydroxylation is 2. The molecular weight excluding hydrogens is 452 g/mol. The van der Waals surface area contributed by atoms with Crippen molar-refractivity contribution < 1.29 is 24.9 Å². The number of hydrogen-bond donors (Lipinski definition) is 3. The number of carbonyl (C=O) groups is 1. The number of aliphatic hydroxyl groups excluding tert-OH is 2. The summed E-state index contributed by atoms with van der Waals surface area (Å²) in [5.41, 5.74) is 5.27. The SMILES string of the molecule is CCC(CC)(c1ccc(C#CC(O)C2(C)CC2)c(C)c1)c1ccc(OCC(O)CCC(=O)O)c(C)c1. The molecule has 2 aromatic carbocycles.